The molecular formula is C26H25N3O2S. The van der Waals surface area contributed by atoms with E-state index >= 15 is 0 Å². The molecule has 0 amide bonds. The van der Waals surface area contributed by atoms with Gasteiger partial charge in [-0.1, -0.05) is 36.4 Å². The Labute approximate surface area is 188 Å². The first-order valence-electron chi connectivity index (χ1n) is 11.0. The highest BCUT2D eigenvalue weighted by atomic mass is 32.2. The number of aromatic nitrogens is 1. The summed E-state index contributed by atoms with van der Waals surface area (Å²) in [6.07, 6.45) is 3.54. The van der Waals surface area contributed by atoms with Crippen molar-refractivity contribution in [3.63, 3.8) is 0 Å². The second-order valence-corrected chi connectivity index (χ2v) is 10.8. The maximum absolute atomic E-state index is 13.4. The number of hydrogen-bond donors (Lipinski definition) is 1. The summed E-state index contributed by atoms with van der Waals surface area (Å²) in [6, 6.07) is 24.0. The van der Waals surface area contributed by atoms with E-state index in [-0.39, 0.29) is 5.54 Å². The highest BCUT2D eigenvalue weighted by Crippen LogP contribution is 2.44. The maximum Gasteiger partial charge on any atom is 0.243 e. The Hall–Kier alpha value is -3.09. The van der Waals surface area contributed by atoms with Crippen LogP contribution in [0, 0.1) is 6.92 Å². The average molecular weight is 444 g/mol. The van der Waals surface area contributed by atoms with Gasteiger partial charge in [-0.05, 0) is 72.5 Å². The molecular weight excluding hydrogens is 418 g/mol. The first-order valence-corrected chi connectivity index (χ1v) is 12.5. The molecule has 0 atom stereocenters. The molecule has 2 aliphatic rings. The van der Waals surface area contributed by atoms with Crippen LogP contribution in [0.3, 0.4) is 0 Å². The van der Waals surface area contributed by atoms with Gasteiger partial charge in [0.2, 0.25) is 10.0 Å². The lowest BCUT2D eigenvalue weighted by Crippen LogP contribution is -2.51. The van der Waals surface area contributed by atoms with E-state index in [1.54, 1.807) is 16.4 Å². The Bertz CT molecular complexity index is 1450. The van der Waals surface area contributed by atoms with Gasteiger partial charge in [0.15, 0.2) is 0 Å². The number of sulfonamides is 1. The molecule has 32 heavy (non-hydrogen) atoms. The molecule has 0 bridgehead atoms. The Morgan fingerprint density at radius 3 is 2.47 bits per heavy atom. The van der Waals surface area contributed by atoms with Gasteiger partial charge in [-0.2, -0.15) is 4.31 Å². The topological polar surface area (TPSA) is 54.3 Å². The summed E-state index contributed by atoms with van der Waals surface area (Å²) >= 11 is 0. The van der Waals surface area contributed by atoms with Crippen LogP contribution in [-0.4, -0.2) is 30.4 Å². The molecule has 5 nitrogen and oxygen atoms in total. The summed E-state index contributed by atoms with van der Waals surface area (Å²) in [5.74, 6) is 0. The van der Waals surface area contributed by atoms with Crippen LogP contribution in [0.4, 0.5) is 5.69 Å². The van der Waals surface area contributed by atoms with E-state index in [0.29, 0.717) is 18.0 Å². The van der Waals surface area contributed by atoms with Crippen molar-refractivity contribution < 1.29 is 8.42 Å². The molecule has 0 unspecified atom stereocenters. The van der Waals surface area contributed by atoms with Crippen molar-refractivity contribution in [3.05, 3.63) is 90.3 Å². The smallest absolute Gasteiger partial charge is 0.243 e. The second-order valence-electron chi connectivity index (χ2n) is 8.90. The first-order chi connectivity index (χ1) is 15.5. The average Bonchev–Trinajstić information content (AvgIpc) is 3.30. The van der Waals surface area contributed by atoms with Crippen molar-refractivity contribution in [3.8, 4) is 5.69 Å². The fourth-order valence-corrected chi connectivity index (χ4v) is 6.71. The highest BCUT2D eigenvalue weighted by molar-refractivity contribution is 7.89. The predicted octanol–water partition coefficient (Wildman–Crippen LogP) is 5.04. The van der Waals surface area contributed by atoms with E-state index in [9.17, 15) is 8.42 Å². The fourth-order valence-electron chi connectivity index (χ4n) is 5.23. The first kappa shape index (κ1) is 19.6. The van der Waals surface area contributed by atoms with Crippen LogP contribution in [0.2, 0.25) is 0 Å². The third-order valence-corrected chi connectivity index (χ3v) is 8.85. The molecule has 6 rings (SSSR count). The predicted molar refractivity (Wildman–Crippen MR) is 128 cm³/mol. The van der Waals surface area contributed by atoms with Crippen LogP contribution in [-0.2, 0) is 15.6 Å². The molecule has 1 fully saturated rings. The monoisotopic (exact) mass is 443 g/mol. The minimum atomic E-state index is -3.54. The minimum absolute atomic E-state index is 0.264. The van der Waals surface area contributed by atoms with Gasteiger partial charge in [0.1, 0.15) is 0 Å². The van der Waals surface area contributed by atoms with Gasteiger partial charge in [-0.15, -0.1) is 0 Å². The molecule has 3 aromatic carbocycles. The number of piperidine rings is 1. The molecule has 1 N–H and O–H groups in total. The number of nitrogens with zero attached hydrogens (tertiary/aromatic N) is 2. The molecule has 0 radical (unpaired) electrons. The van der Waals surface area contributed by atoms with Crippen LogP contribution >= 0.6 is 0 Å². The van der Waals surface area contributed by atoms with Crippen molar-refractivity contribution >= 4 is 26.5 Å². The number of nitrogens with one attached hydrogen (secondary N) is 1. The van der Waals surface area contributed by atoms with Gasteiger partial charge in [-0.3, -0.25) is 0 Å². The van der Waals surface area contributed by atoms with Crippen molar-refractivity contribution in [2.75, 3.05) is 18.4 Å². The summed E-state index contributed by atoms with van der Waals surface area (Å²) in [7, 11) is -3.54. The fraction of sp³-hybridized carbons (Fsp3) is 0.231. The normalized spacial score (nSPS) is 17.7. The number of hydrogen-bond acceptors (Lipinski definition) is 3. The summed E-state index contributed by atoms with van der Waals surface area (Å²) in [5.41, 5.74) is 4.40. The minimum Gasteiger partial charge on any atom is -0.372 e. The zero-order chi connectivity index (χ0) is 21.9. The third kappa shape index (κ3) is 2.90. The van der Waals surface area contributed by atoms with Crippen molar-refractivity contribution in [2.45, 2.75) is 30.2 Å². The molecule has 2 aliphatic heterocycles. The van der Waals surface area contributed by atoms with Crippen molar-refractivity contribution in [2.24, 2.45) is 0 Å². The summed E-state index contributed by atoms with van der Waals surface area (Å²) in [6.45, 7) is 3.06. The van der Waals surface area contributed by atoms with Gasteiger partial charge in [0, 0.05) is 25.0 Å². The lowest BCUT2D eigenvalue weighted by molar-refractivity contribution is 0.247. The lowest BCUT2D eigenvalue weighted by Gasteiger charge is -2.46. The Morgan fingerprint density at radius 2 is 1.66 bits per heavy atom. The quantitative estimate of drug-likeness (QED) is 0.472. The molecule has 1 saturated heterocycles. The molecule has 0 saturated carbocycles. The van der Waals surface area contributed by atoms with Crippen LogP contribution in [0.15, 0.2) is 83.9 Å². The van der Waals surface area contributed by atoms with Crippen LogP contribution in [0.1, 0.15) is 24.1 Å². The molecule has 3 heterocycles. The molecule has 6 heteroatoms. The lowest BCUT2D eigenvalue weighted by atomic mass is 9.83. The van der Waals surface area contributed by atoms with E-state index in [1.165, 1.54) is 11.3 Å². The Balaban J connectivity index is 1.31. The van der Waals surface area contributed by atoms with Crippen LogP contribution in [0.5, 0.6) is 0 Å². The van der Waals surface area contributed by atoms with E-state index in [2.05, 4.69) is 53.3 Å². The zero-order valence-electron chi connectivity index (χ0n) is 18.0. The van der Waals surface area contributed by atoms with Gasteiger partial charge in [0.05, 0.1) is 21.8 Å². The van der Waals surface area contributed by atoms with E-state index in [4.69, 9.17) is 0 Å². The molecule has 0 aliphatic carbocycles. The SMILES string of the molecule is Cc1ccc2c(c1)NC1(CCN(S(=O)(=O)c3ccc4ccccc4c3)CC1)c1cccn1-2. The third-order valence-electron chi connectivity index (χ3n) is 6.96. The Morgan fingerprint density at radius 1 is 0.875 bits per heavy atom. The number of aryl methyl sites for hydroxylation is 1. The molecule has 1 spiro atoms. The van der Waals surface area contributed by atoms with E-state index in [1.807, 2.05) is 30.3 Å². The number of fused-ring (bicyclic) bond motifs is 5. The highest BCUT2D eigenvalue weighted by Gasteiger charge is 2.43. The van der Waals surface area contributed by atoms with Gasteiger partial charge >= 0.3 is 0 Å². The van der Waals surface area contributed by atoms with E-state index in [0.717, 1.165) is 35.0 Å². The number of anilines is 1. The van der Waals surface area contributed by atoms with Gasteiger partial charge in [-0.25, -0.2) is 8.42 Å². The van der Waals surface area contributed by atoms with E-state index < -0.39 is 10.0 Å². The Kier molecular flexibility index (Phi) is 4.26. The maximum atomic E-state index is 13.4. The standard InChI is InChI=1S/C26H25N3O2S/c1-19-8-11-24-23(17-19)27-26(25-7-4-14-29(24)25)12-15-28(16-13-26)32(30,31)22-10-9-20-5-2-3-6-21(20)18-22/h2-11,14,17-18,27H,12-13,15-16H2,1H3. The van der Waals surface area contributed by atoms with Crippen LogP contribution in [0.25, 0.3) is 16.5 Å². The zero-order valence-corrected chi connectivity index (χ0v) is 18.8. The van der Waals surface area contributed by atoms with Crippen molar-refractivity contribution in [1.29, 1.82) is 0 Å². The van der Waals surface area contributed by atoms with Crippen molar-refractivity contribution in [1.82, 2.24) is 8.87 Å². The summed E-state index contributed by atoms with van der Waals surface area (Å²) in [5, 5.41) is 5.78. The number of rotatable bonds is 2. The second kappa shape index (κ2) is 6.95. The molecule has 4 aromatic rings. The number of benzene rings is 3. The molecule has 1 aromatic heterocycles. The molecule has 162 valence electrons. The largest absolute Gasteiger partial charge is 0.372 e. The van der Waals surface area contributed by atoms with Gasteiger partial charge < -0.3 is 9.88 Å². The van der Waals surface area contributed by atoms with Gasteiger partial charge in [0.25, 0.3) is 0 Å². The van der Waals surface area contributed by atoms with Crippen LogP contribution < -0.4 is 5.32 Å². The summed E-state index contributed by atoms with van der Waals surface area (Å²) < 4.78 is 30.8. The summed E-state index contributed by atoms with van der Waals surface area (Å²) in [4.78, 5) is 0.369.